The van der Waals surface area contributed by atoms with Crippen LogP contribution >= 0.6 is 22.9 Å². The molecule has 1 aromatic heterocycles. The highest BCUT2D eigenvalue weighted by Crippen LogP contribution is 2.26. The van der Waals surface area contributed by atoms with Gasteiger partial charge in [-0.2, -0.15) is 0 Å². The van der Waals surface area contributed by atoms with Crippen molar-refractivity contribution in [3.05, 3.63) is 44.4 Å². The summed E-state index contributed by atoms with van der Waals surface area (Å²) in [6.45, 7) is 5.81. The number of nitrogen functional groups attached to an aromatic ring is 1. The van der Waals surface area contributed by atoms with Crippen LogP contribution in [-0.2, 0) is 0 Å². The number of nitrogens with zero attached hydrogens (tertiary/aromatic N) is 1. The minimum absolute atomic E-state index is 0.131. The lowest BCUT2D eigenvalue weighted by atomic mass is 10.1. The molecule has 1 unspecified atom stereocenters. The van der Waals surface area contributed by atoms with E-state index in [1.165, 1.54) is 0 Å². The second kappa shape index (κ2) is 6.43. The van der Waals surface area contributed by atoms with Crippen LogP contribution in [0, 0.1) is 13.8 Å². The molecule has 1 atom stereocenters. The number of benzene rings is 1. The van der Waals surface area contributed by atoms with E-state index < -0.39 is 0 Å². The van der Waals surface area contributed by atoms with E-state index in [2.05, 4.69) is 15.7 Å². The van der Waals surface area contributed by atoms with Crippen molar-refractivity contribution in [2.45, 2.75) is 26.8 Å². The molecule has 2 aromatic rings. The Bertz CT molecular complexity index is 671. The van der Waals surface area contributed by atoms with Crippen LogP contribution in [0.3, 0.4) is 0 Å². The Labute approximate surface area is 132 Å². The quantitative estimate of drug-likeness (QED) is 0.596. The number of hydrogen-bond donors (Lipinski definition) is 3. The summed E-state index contributed by atoms with van der Waals surface area (Å²) >= 11 is 7.52. The maximum absolute atomic E-state index is 12.4. The highest BCUT2D eigenvalue weighted by Gasteiger charge is 2.18. The van der Waals surface area contributed by atoms with Crippen LogP contribution in [0.1, 0.15) is 38.9 Å². The zero-order valence-corrected chi connectivity index (χ0v) is 13.6. The molecule has 0 spiro atoms. The second-order valence-corrected chi connectivity index (χ2v) is 6.38. The van der Waals surface area contributed by atoms with Gasteiger partial charge in [-0.15, -0.1) is 11.3 Å². The Morgan fingerprint density at radius 2 is 2.14 bits per heavy atom. The van der Waals surface area contributed by atoms with Gasteiger partial charge < -0.3 is 10.7 Å². The number of nitrogens with one attached hydrogen (secondary N) is 2. The van der Waals surface area contributed by atoms with Crippen LogP contribution < -0.4 is 16.6 Å². The van der Waals surface area contributed by atoms with Gasteiger partial charge in [-0.25, -0.2) is 4.98 Å². The number of carbonyl (C=O) groups excluding carboxylic acids is 1. The van der Waals surface area contributed by atoms with E-state index in [1.54, 1.807) is 29.5 Å². The largest absolute Gasteiger partial charge is 0.345 e. The van der Waals surface area contributed by atoms with Gasteiger partial charge in [-0.1, -0.05) is 11.6 Å². The van der Waals surface area contributed by atoms with E-state index in [1.807, 2.05) is 20.8 Å². The lowest BCUT2D eigenvalue weighted by Gasteiger charge is -2.15. The second-order valence-electron chi connectivity index (χ2n) is 4.71. The van der Waals surface area contributed by atoms with E-state index >= 15 is 0 Å². The minimum atomic E-state index is -0.233. The first-order chi connectivity index (χ1) is 9.92. The number of aryl methyl sites for hydroxylation is 2. The summed E-state index contributed by atoms with van der Waals surface area (Å²) in [5.74, 6) is 5.19. The average Bonchev–Trinajstić information content (AvgIpc) is 2.77. The molecule has 0 saturated carbocycles. The van der Waals surface area contributed by atoms with Crippen LogP contribution in [0.2, 0.25) is 5.02 Å². The Kier molecular flexibility index (Phi) is 4.82. The van der Waals surface area contributed by atoms with Crippen molar-refractivity contribution >= 4 is 34.5 Å². The molecule has 1 heterocycles. The van der Waals surface area contributed by atoms with Crippen molar-refractivity contribution in [3.63, 3.8) is 0 Å². The number of carbonyl (C=O) groups is 1. The highest BCUT2D eigenvalue weighted by atomic mass is 35.5. The SMILES string of the molecule is Cc1nc(C)c(C(C)NC(=O)c2cc(Cl)ccc2NN)s1. The lowest BCUT2D eigenvalue weighted by molar-refractivity contribution is 0.0941. The highest BCUT2D eigenvalue weighted by molar-refractivity contribution is 7.11. The van der Waals surface area contributed by atoms with Gasteiger partial charge in [0.25, 0.3) is 5.91 Å². The molecule has 0 aliphatic carbocycles. The van der Waals surface area contributed by atoms with Gasteiger partial charge in [0.15, 0.2) is 0 Å². The molecule has 0 bridgehead atoms. The third-order valence-electron chi connectivity index (χ3n) is 3.06. The predicted octanol–water partition coefficient (Wildman–Crippen LogP) is 3.19. The first kappa shape index (κ1) is 15.8. The van der Waals surface area contributed by atoms with Crippen LogP contribution in [-0.4, -0.2) is 10.9 Å². The number of hydrazine groups is 1. The number of anilines is 1. The summed E-state index contributed by atoms with van der Waals surface area (Å²) in [6.07, 6.45) is 0. The summed E-state index contributed by atoms with van der Waals surface area (Å²) < 4.78 is 0. The zero-order chi connectivity index (χ0) is 15.6. The number of nitrogens with two attached hydrogens (primary N) is 1. The number of amides is 1. The Balaban J connectivity index is 2.22. The van der Waals surface area contributed by atoms with Gasteiger partial charge in [0.2, 0.25) is 0 Å². The average molecular weight is 325 g/mol. The fourth-order valence-electron chi connectivity index (χ4n) is 2.12. The molecule has 4 N–H and O–H groups in total. The fraction of sp³-hybridized carbons (Fsp3) is 0.286. The zero-order valence-electron chi connectivity index (χ0n) is 12.0. The van der Waals surface area contributed by atoms with Crippen molar-refractivity contribution in [1.82, 2.24) is 10.3 Å². The third kappa shape index (κ3) is 3.53. The third-order valence-corrected chi connectivity index (χ3v) is 4.55. The fourth-order valence-corrected chi connectivity index (χ4v) is 3.22. The van der Waals surface area contributed by atoms with E-state index in [9.17, 15) is 4.79 Å². The van der Waals surface area contributed by atoms with Crippen molar-refractivity contribution in [2.24, 2.45) is 5.84 Å². The first-order valence-corrected chi connectivity index (χ1v) is 7.62. The molecule has 0 aliphatic heterocycles. The molecule has 0 aliphatic rings. The maximum Gasteiger partial charge on any atom is 0.253 e. The van der Waals surface area contributed by atoms with Gasteiger partial charge in [0.1, 0.15) is 0 Å². The van der Waals surface area contributed by atoms with Crippen molar-refractivity contribution in [2.75, 3.05) is 5.43 Å². The summed E-state index contributed by atoms with van der Waals surface area (Å²) in [4.78, 5) is 17.8. The number of hydrogen-bond acceptors (Lipinski definition) is 5. The molecule has 0 radical (unpaired) electrons. The summed E-state index contributed by atoms with van der Waals surface area (Å²) in [5, 5.41) is 4.41. The molecule has 21 heavy (non-hydrogen) atoms. The molecule has 1 amide bonds. The van der Waals surface area contributed by atoms with Gasteiger partial charge in [0, 0.05) is 9.90 Å². The molecular formula is C14H17ClN4OS. The summed E-state index contributed by atoms with van der Waals surface area (Å²) in [5.41, 5.74) is 4.38. The molecule has 112 valence electrons. The van der Waals surface area contributed by atoms with Gasteiger partial charge in [-0.3, -0.25) is 10.6 Å². The van der Waals surface area contributed by atoms with E-state index in [0.29, 0.717) is 16.3 Å². The summed E-state index contributed by atoms with van der Waals surface area (Å²) in [7, 11) is 0. The monoisotopic (exact) mass is 324 g/mol. The van der Waals surface area contributed by atoms with Crippen LogP contribution in [0.5, 0.6) is 0 Å². The van der Waals surface area contributed by atoms with Crippen LogP contribution in [0.25, 0.3) is 0 Å². The summed E-state index contributed by atoms with van der Waals surface area (Å²) in [6, 6.07) is 4.80. The van der Waals surface area contributed by atoms with Crippen molar-refractivity contribution in [1.29, 1.82) is 0 Å². The molecule has 0 fully saturated rings. The first-order valence-electron chi connectivity index (χ1n) is 6.43. The van der Waals surface area contributed by atoms with Gasteiger partial charge in [-0.05, 0) is 39.0 Å². The molecule has 5 nitrogen and oxygen atoms in total. The number of aromatic nitrogens is 1. The molecule has 0 saturated heterocycles. The van der Waals surface area contributed by atoms with Crippen LogP contribution in [0.4, 0.5) is 5.69 Å². The molecule has 2 rings (SSSR count). The molecule has 1 aromatic carbocycles. The van der Waals surface area contributed by atoms with Crippen LogP contribution in [0.15, 0.2) is 18.2 Å². The van der Waals surface area contributed by atoms with Crippen molar-refractivity contribution < 1.29 is 4.79 Å². The smallest absolute Gasteiger partial charge is 0.253 e. The maximum atomic E-state index is 12.4. The number of halogens is 1. The number of rotatable bonds is 4. The van der Waals surface area contributed by atoms with Crippen molar-refractivity contribution in [3.8, 4) is 0 Å². The molecular weight excluding hydrogens is 308 g/mol. The van der Waals surface area contributed by atoms with E-state index in [0.717, 1.165) is 15.6 Å². The topological polar surface area (TPSA) is 80.0 Å². The van der Waals surface area contributed by atoms with E-state index in [-0.39, 0.29) is 11.9 Å². The van der Waals surface area contributed by atoms with Gasteiger partial charge in [0.05, 0.1) is 28.0 Å². The normalized spacial score (nSPS) is 12.0. The molecule has 7 heteroatoms. The Morgan fingerprint density at radius 1 is 1.43 bits per heavy atom. The number of thiazole rings is 1. The van der Waals surface area contributed by atoms with Gasteiger partial charge >= 0.3 is 0 Å². The Hall–Kier alpha value is -1.63. The minimum Gasteiger partial charge on any atom is -0.345 e. The Morgan fingerprint density at radius 3 is 2.71 bits per heavy atom. The standard InChI is InChI=1S/C14H17ClN4OS/c1-7-13(21-9(3)17-7)8(2)18-14(20)11-6-10(15)4-5-12(11)19-16/h4-6,8,19H,16H2,1-3H3,(H,18,20). The van der Waals surface area contributed by atoms with E-state index in [4.69, 9.17) is 17.4 Å². The predicted molar refractivity (Wildman–Crippen MR) is 86.7 cm³/mol. The lowest BCUT2D eigenvalue weighted by Crippen LogP contribution is -2.28.